The van der Waals surface area contributed by atoms with Crippen LogP contribution >= 0.6 is 0 Å². The molecule has 0 saturated carbocycles. The topological polar surface area (TPSA) is 102 Å². The first-order valence-electron chi connectivity index (χ1n) is 10.4. The van der Waals surface area contributed by atoms with E-state index in [1.165, 1.54) is 4.31 Å². The largest absolute Gasteiger partial charge is 0.361 e. The molecule has 0 bridgehead atoms. The molecule has 3 heterocycles. The van der Waals surface area contributed by atoms with Crippen molar-refractivity contribution in [2.75, 3.05) is 13.1 Å². The molecule has 0 N–H and O–H groups in total. The van der Waals surface area contributed by atoms with Gasteiger partial charge in [-0.05, 0) is 30.5 Å². The van der Waals surface area contributed by atoms with Gasteiger partial charge in [-0.1, -0.05) is 58.8 Å². The van der Waals surface area contributed by atoms with Gasteiger partial charge in [-0.25, -0.2) is 8.42 Å². The van der Waals surface area contributed by atoms with E-state index in [0.717, 1.165) is 5.56 Å². The summed E-state index contributed by atoms with van der Waals surface area (Å²) >= 11 is 0. The van der Waals surface area contributed by atoms with Crippen molar-refractivity contribution in [3.63, 3.8) is 0 Å². The van der Waals surface area contributed by atoms with Crippen LogP contribution in [0, 0.1) is 0 Å². The molecular formula is C23H22N4O4S. The first kappa shape index (κ1) is 20.6. The maximum Gasteiger partial charge on any atom is 0.243 e. The van der Waals surface area contributed by atoms with Crippen molar-refractivity contribution in [1.29, 1.82) is 0 Å². The lowest BCUT2D eigenvalue weighted by atomic mass is 9.73. The third-order valence-electron chi connectivity index (χ3n) is 5.98. The Kier molecular flexibility index (Phi) is 5.36. The number of hydrogen-bond donors (Lipinski definition) is 0. The zero-order valence-corrected chi connectivity index (χ0v) is 18.1. The molecule has 2 aromatic carbocycles. The summed E-state index contributed by atoms with van der Waals surface area (Å²) in [4.78, 5) is 4.97. The monoisotopic (exact) mass is 450 g/mol. The van der Waals surface area contributed by atoms with E-state index in [2.05, 4.69) is 15.3 Å². The summed E-state index contributed by atoms with van der Waals surface area (Å²) in [5.41, 5.74) is 0.475. The van der Waals surface area contributed by atoms with Crippen molar-refractivity contribution in [2.24, 2.45) is 0 Å². The maximum atomic E-state index is 13.1. The molecule has 5 rings (SSSR count). The van der Waals surface area contributed by atoms with Crippen molar-refractivity contribution in [3.05, 3.63) is 96.0 Å². The number of nitrogens with zero attached hydrogens (tertiary/aromatic N) is 4. The molecule has 9 heteroatoms. The Morgan fingerprint density at radius 2 is 1.59 bits per heavy atom. The van der Waals surface area contributed by atoms with Crippen LogP contribution in [0.5, 0.6) is 0 Å². The molecule has 0 amide bonds. The second-order valence-corrected chi connectivity index (χ2v) is 9.77. The highest BCUT2D eigenvalue weighted by molar-refractivity contribution is 7.89. The summed E-state index contributed by atoms with van der Waals surface area (Å²) in [7, 11) is -3.56. The molecule has 1 fully saturated rings. The average Bonchev–Trinajstić information content (AvgIpc) is 3.53. The van der Waals surface area contributed by atoms with Gasteiger partial charge in [0, 0.05) is 19.2 Å². The third kappa shape index (κ3) is 3.74. The lowest BCUT2D eigenvalue weighted by Gasteiger charge is -2.39. The number of piperidine rings is 1. The molecule has 0 radical (unpaired) electrons. The summed E-state index contributed by atoms with van der Waals surface area (Å²) in [5.74, 6) is 1.65. The van der Waals surface area contributed by atoms with E-state index in [4.69, 9.17) is 9.05 Å². The van der Waals surface area contributed by atoms with E-state index < -0.39 is 15.4 Å². The first-order chi connectivity index (χ1) is 15.6. The molecule has 1 saturated heterocycles. The number of sulfonamides is 1. The smallest absolute Gasteiger partial charge is 0.243 e. The summed E-state index contributed by atoms with van der Waals surface area (Å²) in [6.07, 6.45) is 3.02. The standard InChI is InChI=1S/C23H22N4O4S/c28-32(29,20-9-5-2-6-10-20)27-15-12-23(13-16-27,18-7-3-1-4-8-18)22-25-21(26-31-22)17-19-11-14-24-30-19/h1-11,14H,12-13,15-17H2. The molecule has 0 unspecified atom stereocenters. The minimum absolute atomic E-state index is 0.305. The first-order valence-corrected chi connectivity index (χ1v) is 11.9. The van der Waals surface area contributed by atoms with E-state index in [0.29, 0.717) is 54.7 Å². The van der Waals surface area contributed by atoms with Gasteiger partial charge in [0.05, 0.1) is 22.9 Å². The molecule has 32 heavy (non-hydrogen) atoms. The summed E-state index contributed by atoms with van der Waals surface area (Å²) in [6.45, 7) is 0.706. The Morgan fingerprint density at radius 3 is 2.25 bits per heavy atom. The average molecular weight is 451 g/mol. The maximum absolute atomic E-state index is 13.1. The van der Waals surface area contributed by atoms with Crippen molar-refractivity contribution >= 4 is 10.0 Å². The highest BCUT2D eigenvalue weighted by Gasteiger charge is 2.45. The van der Waals surface area contributed by atoms with Gasteiger partial charge < -0.3 is 9.05 Å². The minimum atomic E-state index is -3.56. The molecule has 0 atom stereocenters. The van der Waals surface area contributed by atoms with E-state index >= 15 is 0 Å². The highest BCUT2D eigenvalue weighted by Crippen LogP contribution is 2.42. The molecule has 2 aromatic heterocycles. The fourth-order valence-corrected chi connectivity index (χ4v) is 5.70. The van der Waals surface area contributed by atoms with E-state index in [1.807, 2.05) is 36.4 Å². The van der Waals surface area contributed by atoms with E-state index in [-0.39, 0.29) is 0 Å². The molecule has 1 aliphatic rings. The SMILES string of the molecule is O=S(=O)(c1ccccc1)N1CCC(c2ccccc2)(c2nc(Cc3ccno3)no2)CC1. The molecule has 0 spiro atoms. The second-order valence-electron chi connectivity index (χ2n) is 7.84. The Balaban J connectivity index is 1.44. The Labute approximate surface area is 185 Å². The van der Waals surface area contributed by atoms with Gasteiger partial charge in [0.2, 0.25) is 15.9 Å². The van der Waals surface area contributed by atoms with Crippen molar-refractivity contribution in [2.45, 2.75) is 29.6 Å². The van der Waals surface area contributed by atoms with Crippen LogP contribution < -0.4 is 0 Å². The number of benzene rings is 2. The lowest BCUT2D eigenvalue weighted by Crippen LogP contribution is -2.45. The van der Waals surface area contributed by atoms with Crippen molar-refractivity contribution in [1.82, 2.24) is 19.6 Å². The summed E-state index contributed by atoms with van der Waals surface area (Å²) < 4.78 is 38.6. The number of rotatable bonds is 6. The number of hydrogen-bond acceptors (Lipinski definition) is 7. The van der Waals surface area contributed by atoms with Gasteiger partial charge >= 0.3 is 0 Å². The van der Waals surface area contributed by atoms with Crippen LogP contribution in [0.25, 0.3) is 0 Å². The van der Waals surface area contributed by atoms with Gasteiger partial charge in [-0.3, -0.25) is 0 Å². The summed E-state index contributed by atoms with van der Waals surface area (Å²) in [5, 5.41) is 7.86. The van der Waals surface area contributed by atoms with Crippen LogP contribution in [0.4, 0.5) is 0 Å². The Bertz CT molecular complexity index is 1260. The molecule has 164 valence electrons. The molecule has 4 aromatic rings. The molecule has 8 nitrogen and oxygen atoms in total. The van der Waals surface area contributed by atoms with Crippen LogP contribution in [0.3, 0.4) is 0 Å². The Morgan fingerprint density at radius 1 is 0.906 bits per heavy atom. The zero-order chi connectivity index (χ0) is 22.0. The van der Waals surface area contributed by atoms with Gasteiger partial charge in [-0.2, -0.15) is 9.29 Å². The van der Waals surface area contributed by atoms with Crippen LogP contribution in [-0.4, -0.2) is 41.1 Å². The van der Waals surface area contributed by atoms with Gasteiger partial charge in [-0.15, -0.1) is 0 Å². The minimum Gasteiger partial charge on any atom is -0.361 e. The third-order valence-corrected chi connectivity index (χ3v) is 7.90. The highest BCUT2D eigenvalue weighted by atomic mass is 32.2. The fraction of sp³-hybridized carbons (Fsp3) is 0.261. The van der Waals surface area contributed by atoms with Gasteiger partial charge in [0.1, 0.15) is 5.76 Å². The fourth-order valence-electron chi connectivity index (χ4n) is 4.24. The Hall–Kier alpha value is -3.30. The predicted octanol–water partition coefficient (Wildman–Crippen LogP) is 3.42. The van der Waals surface area contributed by atoms with Crippen LogP contribution in [0.2, 0.25) is 0 Å². The van der Waals surface area contributed by atoms with Crippen LogP contribution in [-0.2, 0) is 21.9 Å². The van der Waals surface area contributed by atoms with Gasteiger partial charge in [0.25, 0.3) is 0 Å². The normalized spacial score (nSPS) is 16.8. The molecular weight excluding hydrogens is 428 g/mol. The van der Waals surface area contributed by atoms with Gasteiger partial charge in [0.15, 0.2) is 5.82 Å². The van der Waals surface area contributed by atoms with Crippen molar-refractivity contribution < 1.29 is 17.5 Å². The van der Waals surface area contributed by atoms with E-state index in [1.54, 1.807) is 36.5 Å². The molecule has 0 aliphatic carbocycles. The second kappa shape index (κ2) is 8.33. The lowest BCUT2D eigenvalue weighted by molar-refractivity contribution is 0.214. The molecule has 1 aliphatic heterocycles. The van der Waals surface area contributed by atoms with Crippen LogP contribution in [0.15, 0.2) is 86.9 Å². The van der Waals surface area contributed by atoms with Crippen LogP contribution in [0.1, 0.15) is 35.9 Å². The predicted molar refractivity (Wildman–Crippen MR) is 115 cm³/mol. The zero-order valence-electron chi connectivity index (χ0n) is 17.3. The summed E-state index contributed by atoms with van der Waals surface area (Å²) in [6, 6.07) is 20.2. The quantitative estimate of drug-likeness (QED) is 0.443. The van der Waals surface area contributed by atoms with Crippen molar-refractivity contribution in [3.8, 4) is 0 Å². The van der Waals surface area contributed by atoms with E-state index in [9.17, 15) is 8.42 Å². The number of aromatic nitrogens is 3.